The molecule has 0 unspecified atom stereocenters. The molecule has 0 saturated carbocycles. The minimum absolute atomic E-state index is 0.0456. The summed E-state index contributed by atoms with van der Waals surface area (Å²) in [7, 11) is 1.55. The van der Waals surface area contributed by atoms with Crippen LogP contribution in [0.2, 0.25) is 0 Å². The number of carboxylic acid groups (broad SMARTS) is 1. The highest BCUT2D eigenvalue weighted by Gasteiger charge is 2.30. The second kappa shape index (κ2) is 9.47. The standard InChI is InChI=1S/C22H18F3N3O5/c1-28-12-15(10-18(28)33-21(32)26-11-19(29)30)27-20(31)17-5-3-2-4-16(17)13-6-8-14(9-7-13)22(23,24)25/h2-10,12H,11H2,1H3,(H,26,32)(H,27,31)(H,29,30). The van der Waals surface area contributed by atoms with Gasteiger partial charge in [-0.3, -0.25) is 9.59 Å². The first kappa shape index (κ1) is 23.4. The third kappa shape index (κ3) is 5.91. The molecule has 3 rings (SSSR count). The molecule has 0 atom stereocenters. The maximum absolute atomic E-state index is 12.9. The summed E-state index contributed by atoms with van der Waals surface area (Å²) in [6.07, 6.45) is -3.98. The second-order valence-corrected chi connectivity index (χ2v) is 6.89. The van der Waals surface area contributed by atoms with Gasteiger partial charge in [0, 0.05) is 24.9 Å². The SMILES string of the molecule is Cn1cc(NC(=O)c2ccccc2-c2ccc(C(F)(F)F)cc2)cc1OC(=O)NCC(=O)O. The van der Waals surface area contributed by atoms with Crippen molar-refractivity contribution in [2.75, 3.05) is 11.9 Å². The molecular weight excluding hydrogens is 443 g/mol. The van der Waals surface area contributed by atoms with E-state index in [-0.39, 0.29) is 17.1 Å². The van der Waals surface area contributed by atoms with Crippen LogP contribution in [-0.2, 0) is 18.0 Å². The van der Waals surface area contributed by atoms with E-state index in [1.165, 1.54) is 35.0 Å². The van der Waals surface area contributed by atoms with Crippen LogP contribution in [0.3, 0.4) is 0 Å². The van der Waals surface area contributed by atoms with E-state index in [4.69, 9.17) is 9.84 Å². The van der Waals surface area contributed by atoms with Crippen LogP contribution in [0.15, 0.2) is 60.8 Å². The molecule has 0 aliphatic rings. The average molecular weight is 461 g/mol. The highest BCUT2D eigenvalue weighted by Crippen LogP contribution is 2.32. The molecule has 0 bridgehead atoms. The summed E-state index contributed by atoms with van der Waals surface area (Å²) >= 11 is 0. The number of carbonyl (C=O) groups is 3. The van der Waals surface area contributed by atoms with E-state index in [1.807, 2.05) is 5.32 Å². The number of aliphatic carboxylic acids is 1. The molecule has 0 radical (unpaired) electrons. The van der Waals surface area contributed by atoms with Gasteiger partial charge in [0.1, 0.15) is 6.54 Å². The molecule has 0 aliphatic heterocycles. The molecular formula is C22H18F3N3O5. The van der Waals surface area contributed by atoms with Gasteiger partial charge in [-0.1, -0.05) is 30.3 Å². The van der Waals surface area contributed by atoms with Crippen LogP contribution in [-0.4, -0.2) is 34.2 Å². The van der Waals surface area contributed by atoms with E-state index < -0.39 is 36.3 Å². The highest BCUT2D eigenvalue weighted by molar-refractivity contribution is 6.08. The van der Waals surface area contributed by atoms with E-state index >= 15 is 0 Å². The number of aryl methyl sites for hydroxylation is 1. The summed E-state index contributed by atoms with van der Waals surface area (Å²) in [6.45, 7) is -0.617. The molecule has 1 heterocycles. The Labute approximate surface area is 185 Å². The van der Waals surface area contributed by atoms with Gasteiger partial charge in [-0.05, 0) is 29.3 Å². The number of halogens is 3. The zero-order valence-electron chi connectivity index (χ0n) is 17.1. The van der Waals surface area contributed by atoms with Crippen LogP contribution in [0.25, 0.3) is 11.1 Å². The summed E-state index contributed by atoms with van der Waals surface area (Å²) in [6, 6.07) is 12.3. The topological polar surface area (TPSA) is 110 Å². The molecule has 0 aliphatic carbocycles. The van der Waals surface area contributed by atoms with Crippen LogP contribution in [0.1, 0.15) is 15.9 Å². The summed E-state index contributed by atoms with van der Waals surface area (Å²) in [5.41, 5.74) is 0.580. The number of carboxylic acids is 1. The number of hydrogen-bond acceptors (Lipinski definition) is 4. The number of nitrogens with zero attached hydrogens (tertiary/aromatic N) is 1. The van der Waals surface area contributed by atoms with Gasteiger partial charge >= 0.3 is 18.2 Å². The lowest BCUT2D eigenvalue weighted by molar-refractivity contribution is -0.138. The van der Waals surface area contributed by atoms with Crippen molar-refractivity contribution in [3.8, 4) is 17.0 Å². The Morgan fingerprint density at radius 1 is 1.06 bits per heavy atom. The van der Waals surface area contributed by atoms with Gasteiger partial charge in [0.05, 0.1) is 11.3 Å². The van der Waals surface area contributed by atoms with E-state index in [1.54, 1.807) is 25.2 Å². The monoisotopic (exact) mass is 461 g/mol. The zero-order chi connectivity index (χ0) is 24.2. The van der Waals surface area contributed by atoms with Gasteiger partial charge in [-0.15, -0.1) is 0 Å². The first-order valence-electron chi connectivity index (χ1n) is 9.46. The molecule has 3 N–H and O–H groups in total. The fraction of sp³-hybridized carbons (Fsp3) is 0.136. The summed E-state index contributed by atoms with van der Waals surface area (Å²) in [5, 5.41) is 13.3. The number of ether oxygens (including phenoxy) is 1. The summed E-state index contributed by atoms with van der Waals surface area (Å²) in [4.78, 5) is 35.0. The fourth-order valence-corrected chi connectivity index (χ4v) is 2.96. The van der Waals surface area contributed by atoms with E-state index in [2.05, 4.69) is 5.32 Å². The molecule has 3 aromatic rings. The van der Waals surface area contributed by atoms with Crippen molar-refractivity contribution in [1.29, 1.82) is 0 Å². The van der Waals surface area contributed by atoms with Crippen LogP contribution in [0.5, 0.6) is 5.88 Å². The van der Waals surface area contributed by atoms with E-state index in [9.17, 15) is 27.6 Å². The lowest BCUT2D eigenvalue weighted by Crippen LogP contribution is -2.32. The number of anilines is 1. The highest BCUT2D eigenvalue weighted by atomic mass is 19.4. The van der Waals surface area contributed by atoms with Gasteiger partial charge in [0.25, 0.3) is 5.91 Å². The third-order valence-electron chi connectivity index (χ3n) is 4.49. The minimum Gasteiger partial charge on any atom is -0.480 e. The van der Waals surface area contributed by atoms with Gasteiger partial charge in [-0.25, -0.2) is 4.79 Å². The molecule has 2 aromatic carbocycles. The first-order chi connectivity index (χ1) is 15.5. The molecule has 8 nitrogen and oxygen atoms in total. The number of hydrogen-bond donors (Lipinski definition) is 3. The Morgan fingerprint density at radius 3 is 2.36 bits per heavy atom. The fourth-order valence-electron chi connectivity index (χ4n) is 2.96. The molecule has 172 valence electrons. The summed E-state index contributed by atoms with van der Waals surface area (Å²) in [5.74, 6) is -1.72. The smallest absolute Gasteiger partial charge is 0.416 e. The number of alkyl halides is 3. The number of nitrogens with one attached hydrogen (secondary N) is 2. The van der Waals surface area contributed by atoms with Gasteiger partial charge in [0.15, 0.2) is 0 Å². The Hall–Kier alpha value is -4.28. The lowest BCUT2D eigenvalue weighted by atomic mass is 9.98. The largest absolute Gasteiger partial charge is 0.480 e. The van der Waals surface area contributed by atoms with Crippen LogP contribution in [0.4, 0.5) is 23.7 Å². The predicted octanol–water partition coefficient (Wildman–Crippen LogP) is 4.14. The molecule has 0 saturated heterocycles. The maximum atomic E-state index is 12.9. The van der Waals surface area contributed by atoms with Crippen molar-refractivity contribution in [3.05, 3.63) is 71.9 Å². The molecule has 33 heavy (non-hydrogen) atoms. The van der Waals surface area contributed by atoms with Crippen molar-refractivity contribution in [2.24, 2.45) is 7.05 Å². The maximum Gasteiger partial charge on any atom is 0.416 e. The predicted molar refractivity (Wildman–Crippen MR) is 112 cm³/mol. The van der Waals surface area contributed by atoms with Crippen molar-refractivity contribution < 1.29 is 37.4 Å². The van der Waals surface area contributed by atoms with Gasteiger partial charge in [-0.2, -0.15) is 13.2 Å². The van der Waals surface area contributed by atoms with Gasteiger partial charge in [0.2, 0.25) is 5.88 Å². The van der Waals surface area contributed by atoms with Crippen molar-refractivity contribution in [1.82, 2.24) is 9.88 Å². The number of rotatable bonds is 6. The summed E-state index contributed by atoms with van der Waals surface area (Å²) < 4.78 is 44.9. The van der Waals surface area contributed by atoms with Crippen LogP contribution in [0, 0.1) is 0 Å². The number of benzene rings is 2. The van der Waals surface area contributed by atoms with Crippen LogP contribution >= 0.6 is 0 Å². The second-order valence-electron chi connectivity index (χ2n) is 6.89. The Morgan fingerprint density at radius 2 is 1.73 bits per heavy atom. The van der Waals surface area contributed by atoms with E-state index in [0.717, 1.165) is 12.1 Å². The Kier molecular flexibility index (Phi) is 6.71. The average Bonchev–Trinajstić information content (AvgIpc) is 3.10. The van der Waals surface area contributed by atoms with Crippen molar-refractivity contribution in [2.45, 2.75) is 6.18 Å². The molecule has 0 fully saturated rings. The molecule has 11 heteroatoms. The minimum atomic E-state index is -4.47. The first-order valence-corrected chi connectivity index (χ1v) is 9.46. The number of carbonyl (C=O) groups excluding carboxylic acids is 2. The van der Waals surface area contributed by atoms with Gasteiger partial charge < -0.3 is 25.0 Å². The quantitative estimate of drug-likeness (QED) is 0.511. The van der Waals surface area contributed by atoms with Crippen molar-refractivity contribution >= 4 is 23.7 Å². The van der Waals surface area contributed by atoms with E-state index in [0.29, 0.717) is 11.1 Å². The molecule has 1 aromatic heterocycles. The lowest BCUT2D eigenvalue weighted by Gasteiger charge is -2.11. The number of amides is 2. The normalized spacial score (nSPS) is 11.0. The molecule has 0 spiro atoms. The number of aromatic nitrogens is 1. The zero-order valence-corrected chi connectivity index (χ0v) is 17.1. The van der Waals surface area contributed by atoms with Crippen LogP contribution < -0.4 is 15.4 Å². The molecule has 2 amide bonds. The third-order valence-corrected chi connectivity index (χ3v) is 4.49. The Balaban J connectivity index is 1.77. The van der Waals surface area contributed by atoms with Crippen molar-refractivity contribution in [3.63, 3.8) is 0 Å². The Bertz CT molecular complexity index is 1190.